The highest BCUT2D eigenvalue weighted by molar-refractivity contribution is 7.13. The summed E-state index contributed by atoms with van der Waals surface area (Å²) >= 11 is 1.54. The second-order valence-electron chi connectivity index (χ2n) is 5.64. The number of aromatic nitrogens is 2. The van der Waals surface area contributed by atoms with Crippen LogP contribution in [-0.2, 0) is 13.5 Å². The summed E-state index contributed by atoms with van der Waals surface area (Å²) in [5, 5.41) is 9.06. The molecule has 1 aromatic carbocycles. The standard InChI is InChI=1S/C18H20N4OS/c1-22-16(7-8-20-22)17-10-14(12-24-17)18(23)21-15(11-19)9-13-5-3-2-4-6-13/h2-8,10,12,15H,9,11,19H2,1H3,(H,21,23). The molecular weight excluding hydrogens is 320 g/mol. The maximum Gasteiger partial charge on any atom is 0.252 e. The Morgan fingerprint density at radius 3 is 2.79 bits per heavy atom. The molecule has 0 radical (unpaired) electrons. The maximum absolute atomic E-state index is 12.5. The normalized spacial score (nSPS) is 12.1. The van der Waals surface area contributed by atoms with Gasteiger partial charge in [-0.2, -0.15) is 5.10 Å². The number of hydrogen-bond donors (Lipinski definition) is 2. The molecule has 0 aliphatic carbocycles. The molecule has 1 amide bonds. The molecule has 0 spiro atoms. The smallest absolute Gasteiger partial charge is 0.252 e. The largest absolute Gasteiger partial charge is 0.348 e. The predicted molar refractivity (Wildman–Crippen MR) is 97.0 cm³/mol. The van der Waals surface area contributed by atoms with E-state index in [-0.39, 0.29) is 11.9 Å². The van der Waals surface area contributed by atoms with E-state index >= 15 is 0 Å². The van der Waals surface area contributed by atoms with Crippen molar-refractivity contribution in [1.29, 1.82) is 0 Å². The zero-order valence-corrected chi connectivity index (χ0v) is 14.3. The van der Waals surface area contributed by atoms with Crippen molar-refractivity contribution in [3.05, 3.63) is 65.2 Å². The van der Waals surface area contributed by atoms with Gasteiger partial charge in [-0.25, -0.2) is 0 Å². The van der Waals surface area contributed by atoms with E-state index in [9.17, 15) is 4.79 Å². The number of amides is 1. The Kier molecular flexibility index (Phi) is 5.08. The van der Waals surface area contributed by atoms with Crippen LogP contribution in [0.25, 0.3) is 10.6 Å². The van der Waals surface area contributed by atoms with Gasteiger partial charge in [0.05, 0.1) is 16.1 Å². The maximum atomic E-state index is 12.5. The summed E-state index contributed by atoms with van der Waals surface area (Å²) in [4.78, 5) is 13.5. The van der Waals surface area contributed by atoms with E-state index in [1.54, 1.807) is 10.9 Å². The first-order chi connectivity index (χ1) is 11.7. The van der Waals surface area contributed by atoms with Crippen LogP contribution in [0.5, 0.6) is 0 Å². The third-order valence-corrected chi connectivity index (χ3v) is 4.83. The number of thiophene rings is 1. The van der Waals surface area contributed by atoms with Crippen LogP contribution in [0.4, 0.5) is 0 Å². The quantitative estimate of drug-likeness (QED) is 0.724. The molecule has 2 heterocycles. The molecule has 24 heavy (non-hydrogen) atoms. The monoisotopic (exact) mass is 340 g/mol. The van der Waals surface area contributed by atoms with Gasteiger partial charge in [-0.05, 0) is 24.1 Å². The van der Waals surface area contributed by atoms with Gasteiger partial charge >= 0.3 is 0 Å². The van der Waals surface area contributed by atoms with Crippen LogP contribution in [0, 0.1) is 0 Å². The first-order valence-electron chi connectivity index (χ1n) is 7.79. The summed E-state index contributed by atoms with van der Waals surface area (Å²) in [7, 11) is 1.89. The topological polar surface area (TPSA) is 72.9 Å². The lowest BCUT2D eigenvalue weighted by Crippen LogP contribution is -2.41. The van der Waals surface area contributed by atoms with Gasteiger partial charge in [0.1, 0.15) is 0 Å². The van der Waals surface area contributed by atoms with Crippen LogP contribution in [0.15, 0.2) is 54.0 Å². The zero-order chi connectivity index (χ0) is 16.9. The van der Waals surface area contributed by atoms with Crippen LogP contribution in [0.3, 0.4) is 0 Å². The summed E-state index contributed by atoms with van der Waals surface area (Å²) in [6.07, 6.45) is 2.47. The average molecular weight is 340 g/mol. The van der Waals surface area contributed by atoms with Gasteiger partial charge in [0, 0.05) is 31.2 Å². The lowest BCUT2D eigenvalue weighted by molar-refractivity contribution is 0.0938. The van der Waals surface area contributed by atoms with Gasteiger partial charge in [0.25, 0.3) is 5.91 Å². The van der Waals surface area contributed by atoms with E-state index in [0.717, 1.165) is 22.6 Å². The fourth-order valence-corrected chi connectivity index (χ4v) is 3.51. The highest BCUT2D eigenvalue weighted by Crippen LogP contribution is 2.26. The highest BCUT2D eigenvalue weighted by Gasteiger charge is 2.15. The van der Waals surface area contributed by atoms with Crippen molar-refractivity contribution in [2.24, 2.45) is 12.8 Å². The Morgan fingerprint density at radius 2 is 2.12 bits per heavy atom. The van der Waals surface area contributed by atoms with Crippen molar-refractivity contribution < 1.29 is 4.79 Å². The molecule has 6 heteroatoms. The number of nitrogens with one attached hydrogen (secondary N) is 1. The number of benzene rings is 1. The number of nitrogens with zero attached hydrogens (tertiary/aromatic N) is 2. The predicted octanol–water partition coefficient (Wildman–Crippen LogP) is 2.45. The summed E-state index contributed by atoms with van der Waals surface area (Å²) in [6.45, 7) is 0.402. The van der Waals surface area contributed by atoms with Gasteiger partial charge in [-0.15, -0.1) is 11.3 Å². The van der Waals surface area contributed by atoms with Crippen LogP contribution in [0.2, 0.25) is 0 Å². The summed E-state index contributed by atoms with van der Waals surface area (Å²) < 4.78 is 1.80. The van der Waals surface area contributed by atoms with E-state index in [0.29, 0.717) is 12.1 Å². The molecule has 0 saturated heterocycles. The lowest BCUT2D eigenvalue weighted by atomic mass is 10.1. The average Bonchev–Trinajstić information content (AvgIpc) is 3.23. The molecule has 2 aromatic heterocycles. The van der Waals surface area contributed by atoms with Crippen LogP contribution in [0.1, 0.15) is 15.9 Å². The fraction of sp³-hybridized carbons (Fsp3) is 0.222. The van der Waals surface area contributed by atoms with Crippen LogP contribution < -0.4 is 11.1 Å². The Hall–Kier alpha value is -2.44. The molecule has 124 valence electrons. The molecule has 3 N–H and O–H groups in total. The van der Waals surface area contributed by atoms with Gasteiger partial charge in [-0.3, -0.25) is 9.48 Å². The van der Waals surface area contributed by atoms with Gasteiger partial charge < -0.3 is 11.1 Å². The number of nitrogens with two attached hydrogens (primary N) is 1. The Labute approximate surface area is 145 Å². The van der Waals surface area contributed by atoms with Crippen molar-refractivity contribution in [1.82, 2.24) is 15.1 Å². The van der Waals surface area contributed by atoms with E-state index < -0.39 is 0 Å². The minimum atomic E-state index is -0.0916. The molecule has 0 fully saturated rings. The molecule has 0 aliphatic heterocycles. The summed E-state index contributed by atoms with van der Waals surface area (Å²) in [5.41, 5.74) is 8.64. The molecular formula is C18H20N4OS. The van der Waals surface area contributed by atoms with Gasteiger partial charge in [0.2, 0.25) is 0 Å². The Bertz CT molecular complexity index is 809. The van der Waals surface area contributed by atoms with Gasteiger partial charge in [0.15, 0.2) is 0 Å². The molecule has 0 aliphatic rings. The number of carbonyl (C=O) groups is 1. The number of hydrogen-bond acceptors (Lipinski definition) is 4. The van der Waals surface area contributed by atoms with Crippen molar-refractivity contribution in [3.8, 4) is 10.6 Å². The number of carbonyl (C=O) groups excluding carboxylic acids is 1. The zero-order valence-electron chi connectivity index (χ0n) is 13.5. The van der Waals surface area contributed by atoms with Crippen molar-refractivity contribution in [2.75, 3.05) is 6.54 Å². The number of aryl methyl sites for hydroxylation is 1. The SMILES string of the molecule is Cn1nccc1-c1cc(C(=O)NC(CN)Cc2ccccc2)cs1. The fourth-order valence-electron chi connectivity index (χ4n) is 2.57. The third kappa shape index (κ3) is 3.72. The van der Waals surface area contributed by atoms with Crippen LogP contribution >= 0.6 is 11.3 Å². The molecule has 0 saturated carbocycles. The van der Waals surface area contributed by atoms with E-state index in [1.165, 1.54) is 11.3 Å². The summed E-state index contributed by atoms with van der Waals surface area (Å²) in [6, 6.07) is 13.8. The van der Waals surface area contributed by atoms with Crippen molar-refractivity contribution in [2.45, 2.75) is 12.5 Å². The van der Waals surface area contributed by atoms with Crippen molar-refractivity contribution >= 4 is 17.2 Å². The Balaban J connectivity index is 1.68. The second kappa shape index (κ2) is 7.42. The van der Waals surface area contributed by atoms with E-state index in [4.69, 9.17) is 5.73 Å². The third-order valence-electron chi connectivity index (χ3n) is 3.88. The minimum absolute atomic E-state index is 0.0834. The summed E-state index contributed by atoms with van der Waals surface area (Å²) in [5.74, 6) is -0.0916. The molecule has 1 unspecified atom stereocenters. The van der Waals surface area contributed by atoms with E-state index in [2.05, 4.69) is 10.4 Å². The first-order valence-corrected chi connectivity index (χ1v) is 8.67. The minimum Gasteiger partial charge on any atom is -0.348 e. The number of rotatable bonds is 6. The van der Waals surface area contributed by atoms with E-state index in [1.807, 2.05) is 54.9 Å². The molecule has 3 aromatic rings. The first kappa shape index (κ1) is 16.4. The van der Waals surface area contributed by atoms with Gasteiger partial charge in [-0.1, -0.05) is 30.3 Å². The molecule has 0 bridgehead atoms. The molecule has 1 atom stereocenters. The Morgan fingerprint density at radius 1 is 1.33 bits per heavy atom. The molecule has 5 nitrogen and oxygen atoms in total. The van der Waals surface area contributed by atoms with Crippen LogP contribution in [-0.4, -0.2) is 28.3 Å². The highest BCUT2D eigenvalue weighted by atomic mass is 32.1. The second-order valence-corrected chi connectivity index (χ2v) is 6.55. The molecule has 3 rings (SSSR count). The lowest BCUT2D eigenvalue weighted by Gasteiger charge is -2.16. The van der Waals surface area contributed by atoms with Crippen molar-refractivity contribution in [3.63, 3.8) is 0 Å².